The first kappa shape index (κ1) is 22.2. The number of fused-ring (bicyclic) bond motifs is 1. The maximum Gasteiger partial charge on any atom is 0.264 e. The molecule has 1 amide bonds. The molecule has 9 heteroatoms. The fraction of sp³-hybridized carbons (Fsp3) is 0.240. The molecule has 1 fully saturated rings. The highest BCUT2D eigenvalue weighted by molar-refractivity contribution is 7.90. The summed E-state index contributed by atoms with van der Waals surface area (Å²) in [7, 11) is -2.04. The monoisotopic (exact) mass is 475 g/mol. The van der Waals surface area contributed by atoms with E-state index in [1.165, 1.54) is 12.1 Å². The zero-order valence-electron chi connectivity index (χ0n) is 18.7. The van der Waals surface area contributed by atoms with E-state index in [1.54, 1.807) is 16.8 Å². The third-order valence-electron chi connectivity index (χ3n) is 6.17. The number of piperidine rings is 1. The van der Waals surface area contributed by atoms with Gasteiger partial charge in [0.05, 0.1) is 16.8 Å². The Morgan fingerprint density at radius 2 is 1.71 bits per heavy atom. The predicted octanol–water partition coefficient (Wildman–Crippen LogP) is 3.11. The van der Waals surface area contributed by atoms with E-state index in [0.717, 1.165) is 46.2 Å². The average molecular weight is 476 g/mol. The van der Waals surface area contributed by atoms with Gasteiger partial charge in [0.1, 0.15) is 0 Å². The maximum absolute atomic E-state index is 12.7. The molecular formula is C25H25N5O3S. The number of sulfonamides is 1. The number of hydrogen-bond donors (Lipinski definition) is 2. The molecule has 0 spiro atoms. The van der Waals surface area contributed by atoms with Gasteiger partial charge in [-0.1, -0.05) is 24.3 Å². The standard InChI is InChI=1S/C25H25N5O3S/c1-30-16-22(15-28-30)19-2-3-20-14-27-24(13-21(20)12-19)17-4-6-23(7-5-17)34(32,33)29-25(31)18-8-10-26-11-9-18/h2-7,12-16,18,26H,8-11H2,1H3,(H,29,31). The molecule has 0 bridgehead atoms. The first-order valence-electron chi connectivity index (χ1n) is 11.2. The van der Waals surface area contributed by atoms with Crippen molar-refractivity contribution in [1.82, 2.24) is 24.8 Å². The quantitative estimate of drug-likeness (QED) is 0.460. The molecule has 1 aliphatic rings. The third kappa shape index (κ3) is 4.57. The van der Waals surface area contributed by atoms with E-state index in [9.17, 15) is 13.2 Å². The van der Waals surface area contributed by atoms with Gasteiger partial charge in [-0.2, -0.15) is 5.10 Å². The molecule has 0 atom stereocenters. The van der Waals surface area contributed by atoms with Crippen molar-refractivity contribution in [3.63, 3.8) is 0 Å². The highest BCUT2D eigenvalue weighted by Crippen LogP contribution is 2.27. The lowest BCUT2D eigenvalue weighted by Gasteiger charge is -2.21. The van der Waals surface area contributed by atoms with Gasteiger partial charge in [-0.15, -0.1) is 0 Å². The van der Waals surface area contributed by atoms with Gasteiger partial charge < -0.3 is 5.32 Å². The Morgan fingerprint density at radius 1 is 0.971 bits per heavy atom. The topological polar surface area (TPSA) is 106 Å². The molecule has 2 N–H and O–H groups in total. The zero-order valence-corrected chi connectivity index (χ0v) is 19.5. The number of carbonyl (C=O) groups is 1. The molecule has 0 aliphatic carbocycles. The molecule has 1 aliphatic heterocycles. The molecule has 0 radical (unpaired) electrons. The fourth-order valence-corrected chi connectivity index (χ4v) is 5.26. The van der Waals surface area contributed by atoms with Gasteiger partial charge >= 0.3 is 0 Å². The number of nitrogens with zero attached hydrogens (tertiary/aromatic N) is 3. The van der Waals surface area contributed by atoms with Crippen LogP contribution in [0, 0.1) is 5.92 Å². The van der Waals surface area contributed by atoms with Crippen LogP contribution < -0.4 is 10.0 Å². The van der Waals surface area contributed by atoms with E-state index >= 15 is 0 Å². The first-order chi connectivity index (χ1) is 16.4. The van der Waals surface area contributed by atoms with Crippen molar-refractivity contribution >= 4 is 26.7 Å². The van der Waals surface area contributed by atoms with Crippen molar-refractivity contribution in [1.29, 1.82) is 0 Å². The summed E-state index contributed by atoms with van der Waals surface area (Å²) >= 11 is 0. The molecule has 0 saturated carbocycles. The second-order valence-corrected chi connectivity index (χ2v) is 10.2. The molecular weight excluding hydrogens is 450 g/mol. The van der Waals surface area contributed by atoms with Crippen LogP contribution in [0.15, 0.2) is 72.0 Å². The Kier molecular flexibility index (Phi) is 5.89. The molecule has 34 heavy (non-hydrogen) atoms. The largest absolute Gasteiger partial charge is 0.317 e. The van der Waals surface area contributed by atoms with Crippen LogP contribution in [0.5, 0.6) is 0 Å². The van der Waals surface area contributed by atoms with E-state index in [0.29, 0.717) is 12.8 Å². The van der Waals surface area contributed by atoms with Crippen LogP contribution in [-0.4, -0.2) is 42.2 Å². The average Bonchev–Trinajstić information content (AvgIpc) is 3.30. The number of amides is 1. The number of pyridine rings is 1. The summed E-state index contributed by atoms with van der Waals surface area (Å²) in [4.78, 5) is 17.0. The summed E-state index contributed by atoms with van der Waals surface area (Å²) in [6.45, 7) is 1.44. The number of aromatic nitrogens is 3. The number of benzene rings is 2. The molecule has 1 saturated heterocycles. The molecule has 174 valence electrons. The van der Waals surface area contributed by atoms with Crippen molar-refractivity contribution in [2.75, 3.05) is 13.1 Å². The maximum atomic E-state index is 12.7. The van der Waals surface area contributed by atoms with Crippen LogP contribution in [0.2, 0.25) is 0 Å². The van der Waals surface area contributed by atoms with E-state index < -0.39 is 15.9 Å². The van der Waals surface area contributed by atoms with Gasteiger partial charge in [0, 0.05) is 41.9 Å². The van der Waals surface area contributed by atoms with Crippen LogP contribution in [0.3, 0.4) is 0 Å². The summed E-state index contributed by atoms with van der Waals surface area (Å²) in [5, 5.41) is 9.44. The van der Waals surface area contributed by atoms with Crippen molar-refractivity contribution < 1.29 is 13.2 Å². The highest BCUT2D eigenvalue weighted by Gasteiger charge is 2.25. The summed E-state index contributed by atoms with van der Waals surface area (Å²) in [5.74, 6) is -0.722. The lowest BCUT2D eigenvalue weighted by molar-refractivity contribution is -0.123. The van der Waals surface area contributed by atoms with E-state index in [2.05, 4.69) is 26.2 Å². The zero-order chi connectivity index (χ0) is 23.7. The molecule has 2 aromatic carbocycles. The fourth-order valence-electron chi connectivity index (χ4n) is 4.21. The van der Waals surface area contributed by atoms with Crippen molar-refractivity contribution in [3.8, 4) is 22.4 Å². The second kappa shape index (κ2) is 9.00. The van der Waals surface area contributed by atoms with Gasteiger partial charge in [0.15, 0.2) is 0 Å². The number of carbonyl (C=O) groups excluding carboxylic acids is 1. The van der Waals surface area contributed by atoms with Crippen molar-refractivity contribution in [3.05, 3.63) is 67.1 Å². The Balaban J connectivity index is 1.37. The summed E-state index contributed by atoms with van der Waals surface area (Å²) in [6.07, 6.45) is 6.87. The van der Waals surface area contributed by atoms with Crippen LogP contribution in [-0.2, 0) is 21.9 Å². The Morgan fingerprint density at radius 3 is 2.41 bits per heavy atom. The highest BCUT2D eigenvalue weighted by atomic mass is 32.2. The Hall–Kier alpha value is -3.56. The molecule has 4 aromatic rings. The Labute approximate surface area is 198 Å². The van der Waals surface area contributed by atoms with Crippen LogP contribution in [0.25, 0.3) is 33.2 Å². The van der Waals surface area contributed by atoms with Crippen molar-refractivity contribution in [2.45, 2.75) is 17.7 Å². The number of aryl methyl sites for hydroxylation is 1. The minimum Gasteiger partial charge on any atom is -0.317 e. The van der Waals surface area contributed by atoms with Crippen LogP contribution in [0.1, 0.15) is 12.8 Å². The number of hydrogen-bond acceptors (Lipinski definition) is 6. The van der Waals surface area contributed by atoms with Gasteiger partial charge in [0.25, 0.3) is 10.0 Å². The van der Waals surface area contributed by atoms with Gasteiger partial charge in [-0.3, -0.25) is 14.5 Å². The molecule has 5 rings (SSSR count). The molecule has 8 nitrogen and oxygen atoms in total. The molecule has 2 aromatic heterocycles. The second-order valence-electron chi connectivity index (χ2n) is 8.55. The lowest BCUT2D eigenvalue weighted by atomic mass is 9.98. The van der Waals surface area contributed by atoms with Crippen LogP contribution >= 0.6 is 0 Å². The first-order valence-corrected chi connectivity index (χ1v) is 12.6. The normalized spacial score (nSPS) is 14.9. The summed E-state index contributed by atoms with van der Waals surface area (Å²) < 4.78 is 29.4. The third-order valence-corrected chi connectivity index (χ3v) is 7.53. The van der Waals surface area contributed by atoms with E-state index in [1.807, 2.05) is 43.8 Å². The summed E-state index contributed by atoms with van der Waals surface area (Å²) in [5.41, 5.74) is 3.61. The predicted molar refractivity (Wildman–Crippen MR) is 130 cm³/mol. The van der Waals surface area contributed by atoms with Crippen molar-refractivity contribution in [2.24, 2.45) is 13.0 Å². The van der Waals surface area contributed by atoms with Gasteiger partial charge in [-0.05, 0) is 61.1 Å². The number of nitrogens with one attached hydrogen (secondary N) is 2. The molecule has 0 unspecified atom stereocenters. The van der Waals surface area contributed by atoms with E-state index in [-0.39, 0.29) is 10.8 Å². The van der Waals surface area contributed by atoms with Gasteiger partial charge in [0.2, 0.25) is 5.91 Å². The number of rotatable bonds is 5. The Bertz CT molecular complexity index is 1460. The minimum absolute atomic E-state index is 0.0539. The van der Waals surface area contributed by atoms with Gasteiger partial charge in [-0.25, -0.2) is 13.1 Å². The lowest BCUT2D eigenvalue weighted by Crippen LogP contribution is -2.40. The van der Waals surface area contributed by atoms with Crippen LogP contribution in [0.4, 0.5) is 0 Å². The summed E-state index contributed by atoms with van der Waals surface area (Å²) in [6, 6.07) is 14.6. The smallest absolute Gasteiger partial charge is 0.264 e. The molecule has 3 heterocycles. The minimum atomic E-state index is -3.92. The van der Waals surface area contributed by atoms with E-state index in [4.69, 9.17) is 0 Å². The SMILES string of the molecule is Cn1cc(-c2ccc3cnc(-c4ccc(S(=O)(=O)NC(=O)C5CCNCC5)cc4)cc3c2)cn1.